The fourth-order valence-electron chi connectivity index (χ4n) is 3.18. The molecule has 0 radical (unpaired) electrons. The van der Waals surface area contributed by atoms with Crippen LogP contribution in [-0.2, 0) is 6.18 Å². The second-order valence-electron chi connectivity index (χ2n) is 7.09. The topological polar surface area (TPSA) is 150 Å². The lowest BCUT2D eigenvalue weighted by Crippen LogP contribution is -2.28. The smallest absolute Gasteiger partial charge is 0.434 e. The minimum atomic E-state index is -4.66. The van der Waals surface area contributed by atoms with Crippen LogP contribution >= 0.6 is 11.3 Å². The Morgan fingerprint density at radius 1 is 1.17 bits per heavy atom. The highest BCUT2D eigenvalue weighted by Crippen LogP contribution is 2.38. The zero-order chi connectivity index (χ0) is 25.3. The highest BCUT2D eigenvalue weighted by atomic mass is 32.1. The Morgan fingerprint density at radius 3 is 2.60 bits per heavy atom. The maximum Gasteiger partial charge on any atom is 0.434 e. The van der Waals surface area contributed by atoms with Crippen LogP contribution in [-0.4, -0.2) is 43.6 Å². The molecule has 0 aliphatic carbocycles. The molecule has 0 spiro atoms. The first-order valence-electron chi connectivity index (χ1n) is 9.91. The number of halogens is 3. The highest BCUT2D eigenvalue weighted by molar-refractivity contribution is 7.13. The van der Waals surface area contributed by atoms with Gasteiger partial charge in [0.05, 0.1) is 22.8 Å². The third kappa shape index (κ3) is 4.82. The van der Waals surface area contributed by atoms with Crippen LogP contribution in [0.4, 0.5) is 23.8 Å². The molecule has 4 aromatic rings. The molecule has 0 saturated carbocycles. The quantitative estimate of drug-likeness (QED) is 0.321. The number of carboxylic acids is 1. The average molecular weight is 504 g/mol. The number of nitrogens with zero attached hydrogens (tertiary/aromatic N) is 3. The fourth-order valence-corrected chi connectivity index (χ4v) is 4.03. The van der Waals surface area contributed by atoms with Gasteiger partial charge in [0, 0.05) is 35.4 Å². The molecule has 0 aliphatic rings. The number of aromatic carboxylic acids is 1. The van der Waals surface area contributed by atoms with Crippen molar-refractivity contribution in [2.24, 2.45) is 0 Å². The molecule has 0 fully saturated rings. The molecular formula is C21H15F3N6O4S. The number of thiazole rings is 1. The zero-order valence-corrected chi connectivity index (χ0v) is 18.5. The number of pyridine rings is 3. The van der Waals surface area contributed by atoms with Gasteiger partial charge in [-0.3, -0.25) is 15.1 Å². The van der Waals surface area contributed by atoms with Gasteiger partial charge in [-0.2, -0.15) is 13.2 Å². The van der Waals surface area contributed by atoms with E-state index in [1.54, 1.807) is 6.92 Å². The number of aromatic amines is 1. The van der Waals surface area contributed by atoms with Crippen LogP contribution in [0.3, 0.4) is 0 Å². The van der Waals surface area contributed by atoms with E-state index in [1.807, 2.05) is 0 Å². The van der Waals surface area contributed by atoms with Gasteiger partial charge < -0.3 is 15.4 Å². The van der Waals surface area contributed by atoms with Gasteiger partial charge in [-0.1, -0.05) is 0 Å². The summed E-state index contributed by atoms with van der Waals surface area (Å²) in [4.78, 5) is 50.6. The first-order chi connectivity index (χ1) is 16.6. The predicted molar refractivity (Wildman–Crippen MR) is 121 cm³/mol. The van der Waals surface area contributed by atoms with E-state index in [-0.39, 0.29) is 38.5 Å². The summed E-state index contributed by atoms with van der Waals surface area (Å²) >= 11 is 0.729. The Morgan fingerprint density at radius 2 is 1.94 bits per heavy atom. The largest absolute Gasteiger partial charge is 0.477 e. The minimum absolute atomic E-state index is 0.0143. The number of hydrogen-bond acceptors (Lipinski definition) is 7. The number of nitrogens with one attached hydrogen (secondary N) is 3. The Hall–Kier alpha value is -4.33. The first kappa shape index (κ1) is 23.8. The van der Waals surface area contributed by atoms with Gasteiger partial charge in [0.2, 0.25) is 5.43 Å². The molecule has 4 rings (SSSR count). The summed E-state index contributed by atoms with van der Waals surface area (Å²) in [5.41, 5.74) is -1.53. The normalized spacial score (nSPS) is 11.4. The summed E-state index contributed by atoms with van der Waals surface area (Å²) < 4.78 is 39.5. The third-order valence-electron chi connectivity index (χ3n) is 4.78. The maximum atomic E-state index is 13.2. The number of anilines is 1. The van der Waals surface area contributed by atoms with E-state index in [9.17, 15) is 32.7 Å². The van der Waals surface area contributed by atoms with E-state index in [4.69, 9.17) is 0 Å². The van der Waals surface area contributed by atoms with E-state index in [2.05, 4.69) is 30.6 Å². The zero-order valence-electron chi connectivity index (χ0n) is 17.7. The lowest BCUT2D eigenvalue weighted by Gasteiger charge is -2.11. The van der Waals surface area contributed by atoms with Gasteiger partial charge in [0.1, 0.15) is 16.4 Å². The van der Waals surface area contributed by atoms with Crippen molar-refractivity contribution in [3.05, 3.63) is 57.6 Å². The molecule has 180 valence electrons. The highest BCUT2D eigenvalue weighted by Gasteiger charge is 2.34. The summed E-state index contributed by atoms with van der Waals surface area (Å²) in [6.07, 6.45) is -1.04. The number of carbonyl (C=O) groups excluding carboxylic acids is 1. The van der Waals surface area contributed by atoms with Gasteiger partial charge in [0.25, 0.3) is 0 Å². The van der Waals surface area contributed by atoms with Crippen molar-refractivity contribution in [1.29, 1.82) is 0 Å². The van der Waals surface area contributed by atoms with Crippen molar-refractivity contribution < 1.29 is 27.9 Å². The number of carboxylic acid groups (broad SMARTS) is 1. The van der Waals surface area contributed by atoms with Crippen LogP contribution in [0.25, 0.3) is 32.7 Å². The summed E-state index contributed by atoms with van der Waals surface area (Å²) in [7, 11) is 0. The van der Waals surface area contributed by atoms with Crippen molar-refractivity contribution in [3.8, 4) is 21.8 Å². The molecule has 0 saturated heterocycles. The molecule has 0 atom stereocenters. The van der Waals surface area contributed by atoms with Crippen molar-refractivity contribution in [1.82, 2.24) is 25.3 Å². The van der Waals surface area contributed by atoms with Crippen LogP contribution < -0.4 is 16.1 Å². The third-order valence-corrected chi connectivity index (χ3v) is 5.66. The van der Waals surface area contributed by atoms with Crippen molar-refractivity contribution in [2.45, 2.75) is 13.1 Å². The molecule has 4 heterocycles. The Balaban J connectivity index is 1.89. The SMILES string of the molecule is CCNC(=O)Nc1cc(-c2nc(C(F)(F)F)cs2)c(-c2cc3c(=O)c(C(=O)O)c[nH]c3cn2)cn1. The Labute approximate surface area is 197 Å². The molecule has 0 aliphatic heterocycles. The average Bonchev–Trinajstić information content (AvgIpc) is 3.30. The van der Waals surface area contributed by atoms with E-state index in [0.717, 1.165) is 22.9 Å². The number of amides is 2. The van der Waals surface area contributed by atoms with E-state index >= 15 is 0 Å². The minimum Gasteiger partial charge on any atom is -0.477 e. The van der Waals surface area contributed by atoms with Gasteiger partial charge >= 0.3 is 18.2 Å². The molecular weight excluding hydrogens is 489 g/mol. The van der Waals surface area contributed by atoms with Crippen molar-refractivity contribution >= 4 is 40.1 Å². The molecule has 4 aromatic heterocycles. The number of fused-ring (bicyclic) bond motifs is 1. The van der Waals surface area contributed by atoms with E-state index in [1.165, 1.54) is 24.5 Å². The summed E-state index contributed by atoms with van der Waals surface area (Å²) in [5, 5.41) is 15.1. The molecule has 0 unspecified atom stereocenters. The summed E-state index contributed by atoms with van der Waals surface area (Å²) in [6, 6.07) is 2.09. The number of H-pyrrole nitrogens is 1. The Bertz CT molecular complexity index is 1520. The second kappa shape index (κ2) is 9.13. The van der Waals surface area contributed by atoms with Crippen molar-refractivity contribution in [2.75, 3.05) is 11.9 Å². The maximum absolute atomic E-state index is 13.2. The van der Waals surface area contributed by atoms with Gasteiger partial charge in [-0.25, -0.2) is 19.6 Å². The number of hydrogen-bond donors (Lipinski definition) is 4. The standard InChI is InChI=1S/C21H15F3N6O4S/c1-2-25-20(34)30-16-4-9(18-29-15(8-35-18)21(22,23)24)11(5-28-16)13-3-10-14(7-27-13)26-6-12(17(10)31)19(32)33/h3-8H,2H2,1H3,(H,26,31)(H,32,33)(H2,25,28,30,34). The lowest BCUT2D eigenvalue weighted by molar-refractivity contribution is -0.140. The van der Waals surface area contributed by atoms with Gasteiger partial charge in [-0.15, -0.1) is 11.3 Å². The second-order valence-corrected chi connectivity index (χ2v) is 7.95. The summed E-state index contributed by atoms with van der Waals surface area (Å²) in [5.74, 6) is -1.37. The van der Waals surface area contributed by atoms with Crippen LogP contribution in [0.1, 0.15) is 23.0 Å². The predicted octanol–water partition coefficient (Wildman–Crippen LogP) is 3.97. The number of carbonyl (C=O) groups is 2. The number of aromatic nitrogens is 4. The van der Waals surface area contributed by atoms with Gasteiger partial charge in [-0.05, 0) is 19.1 Å². The van der Waals surface area contributed by atoms with Gasteiger partial charge in [0.15, 0.2) is 5.69 Å². The molecule has 0 bridgehead atoms. The van der Waals surface area contributed by atoms with E-state index in [0.29, 0.717) is 6.54 Å². The lowest BCUT2D eigenvalue weighted by atomic mass is 10.0. The molecule has 0 aromatic carbocycles. The fraction of sp³-hybridized carbons (Fsp3) is 0.143. The van der Waals surface area contributed by atoms with Crippen LogP contribution in [0.15, 0.2) is 40.9 Å². The Kier molecular flexibility index (Phi) is 6.22. The molecule has 2 amide bonds. The molecule has 14 heteroatoms. The summed E-state index contributed by atoms with van der Waals surface area (Å²) in [6.45, 7) is 2.05. The van der Waals surface area contributed by atoms with Crippen LogP contribution in [0.2, 0.25) is 0 Å². The van der Waals surface area contributed by atoms with Crippen LogP contribution in [0.5, 0.6) is 0 Å². The molecule has 4 N–H and O–H groups in total. The first-order valence-corrected chi connectivity index (χ1v) is 10.8. The van der Waals surface area contributed by atoms with Crippen molar-refractivity contribution in [3.63, 3.8) is 0 Å². The number of alkyl halides is 3. The number of rotatable bonds is 5. The monoisotopic (exact) mass is 504 g/mol. The number of urea groups is 1. The molecule has 35 heavy (non-hydrogen) atoms. The van der Waals surface area contributed by atoms with E-state index < -0.39 is 34.9 Å². The molecule has 10 nitrogen and oxygen atoms in total. The van der Waals surface area contributed by atoms with Crippen LogP contribution in [0, 0.1) is 0 Å².